The normalized spacial score (nSPS) is 16.3. The first-order chi connectivity index (χ1) is 12.3. The average Bonchev–Trinajstić information content (AvgIpc) is 3.01. The summed E-state index contributed by atoms with van der Waals surface area (Å²) in [5.74, 6) is 1.16. The highest BCUT2D eigenvalue weighted by Crippen LogP contribution is 2.20. The second-order valence-electron chi connectivity index (χ2n) is 6.54. The maximum Gasteiger partial charge on any atom is 0.157 e. The number of hydrogen-bond acceptors (Lipinski definition) is 5. The molecule has 4 heterocycles. The molecule has 1 aliphatic rings. The van der Waals surface area contributed by atoms with Crippen LogP contribution in [0.4, 0.5) is 5.82 Å². The van der Waals surface area contributed by atoms with Crippen LogP contribution in [0.5, 0.6) is 0 Å². The summed E-state index contributed by atoms with van der Waals surface area (Å²) in [6.45, 7) is 7.32. The Morgan fingerprint density at radius 2 is 2.04 bits per heavy atom. The largest absolute Gasteiger partial charge is 0.355 e. The van der Waals surface area contributed by atoms with Crippen molar-refractivity contribution in [1.29, 1.82) is 0 Å². The van der Waals surface area contributed by atoms with E-state index in [1.807, 2.05) is 35.2 Å². The maximum absolute atomic E-state index is 4.66. The number of aryl methyl sites for hydroxylation is 1. The lowest BCUT2D eigenvalue weighted by Crippen LogP contribution is -2.31. The van der Waals surface area contributed by atoms with Gasteiger partial charge < -0.3 is 4.90 Å². The fraction of sp³-hybridized carbons (Fsp3) is 0.421. The summed E-state index contributed by atoms with van der Waals surface area (Å²) in [5.41, 5.74) is 3.34. The molecular weight excluding hydrogens is 312 g/mol. The lowest BCUT2D eigenvalue weighted by molar-refractivity contribution is 0.285. The van der Waals surface area contributed by atoms with E-state index < -0.39 is 0 Å². The van der Waals surface area contributed by atoms with Crippen molar-refractivity contribution < 1.29 is 0 Å². The van der Waals surface area contributed by atoms with Gasteiger partial charge in [-0.25, -0.2) is 4.98 Å². The van der Waals surface area contributed by atoms with Crippen LogP contribution >= 0.6 is 0 Å². The van der Waals surface area contributed by atoms with Crippen molar-refractivity contribution in [3.63, 3.8) is 0 Å². The molecule has 6 nitrogen and oxygen atoms in total. The zero-order chi connectivity index (χ0) is 17.1. The van der Waals surface area contributed by atoms with Gasteiger partial charge in [0.25, 0.3) is 0 Å². The van der Waals surface area contributed by atoms with Gasteiger partial charge in [0.15, 0.2) is 5.65 Å². The van der Waals surface area contributed by atoms with Crippen molar-refractivity contribution in [3.8, 4) is 0 Å². The highest BCUT2D eigenvalue weighted by molar-refractivity contribution is 5.51. The summed E-state index contributed by atoms with van der Waals surface area (Å²) >= 11 is 0. The third kappa shape index (κ3) is 3.49. The first kappa shape index (κ1) is 16.0. The van der Waals surface area contributed by atoms with Crippen molar-refractivity contribution in [3.05, 3.63) is 54.1 Å². The zero-order valence-electron chi connectivity index (χ0n) is 14.7. The number of aromatic nitrogens is 4. The van der Waals surface area contributed by atoms with Gasteiger partial charge in [-0.1, -0.05) is 13.0 Å². The molecule has 3 aromatic rings. The lowest BCUT2D eigenvalue weighted by Gasteiger charge is -2.24. The number of nitrogens with zero attached hydrogens (tertiary/aromatic N) is 6. The maximum atomic E-state index is 4.66. The summed E-state index contributed by atoms with van der Waals surface area (Å²) in [5, 5.41) is 4.48. The number of pyridine rings is 1. The minimum absolute atomic E-state index is 0.936. The molecule has 3 aromatic heterocycles. The summed E-state index contributed by atoms with van der Waals surface area (Å²) in [4.78, 5) is 13.8. The molecule has 0 aliphatic carbocycles. The molecule has 130 valence electrons. The number of rotatable bonds is 4. The summed E-state index contributed by atoms with van der Waals surface area (Å²) in [6.07, 6.45) is 7.71. The summed E-state index contributed by atoms with van der Waals surface area (Å²) < 4.78 is 1.97. The highest BCUT2D eigenvalue weighted by atomic mass is 15.4. The van der Waals surface area contributed by atoms with E-state index in [0.29, 0.717) is 0 Å². The van der Waals surface area contributed by atoms with E-state index in [1.165, 1.54) is 5.56 Å². The third-order valence-corrected chi connectivity index (χ3v) is 4.80. The van der Waals surface area contributed by atoms with Crippen LogP contribution in [0.25, 0.3) is 5.65 Å². The van der Waals surface area contributed by atoms with Gasteiger partial charge in [-0.3, -0.25) is 9.88 Å². The fourth-order valence-corrected chi connectivity index (χ4v) is 3.46. The van der Waals surface area contributed by atoms with Gasteiger partial charge in [-0.15, -0.1) is 0 Å². The molecule has 25 heavy (non-hydrogen) atoms. The molecule has 0 aromatic carbocycles. The van der Waals surface area contributed by atoms with Crippen molar-refractivity contribution in [2.45, 2.75) is 26.3 Å². The van der Waals surface area contributed by atoms with E-state index in [1.54, 1.807) is 0 Å². The summed E-state index contributed by atoms with van der Waals surface area (Å²) in [7, 11) is 0. The Balaban J connectivity index is 1.52. The van der Waals surface area contributed by atoms with E-state index in [-0.39, 0.29) is 0 Å². The van der Waals surface area contributed by atoms with Gasteiger partial charge in [0.1, 0.15) is 5.82 Å². The van der Waals surface area contributed by atoms with Gasteiger partial charge in [0.2, 0.25) is 0 Å². The Morgan fingerprint density at radius 3 is 2.88 bits per heavy atom. The standard InChI is InChI=1S/C19H24N6/c1-2-17-13-19(25-18(22-17)6-8-21-25)24-10-4-9-23(11-12-24)15-16-5-3-7-20-14-16/h3,5-8,13-14H,2,4,9-12,15H2,1H3. The number of hydrogen-bond donors (Lipinski definition) is 0. The molecule has 0 N–H and O–H groups in total. The quantitative estimate of drug-likeness (QED) is 0.732. The van der Waals surface area contributed by atoms with Crippen LogP contribution in [0.15, 0.2) is 42.9 Å². The topological polar surface area (TPSA) is 49.6 Å². The molecule has 4 rings (SSSR count). The minimum atomic E-state index is 0.936. The first-order valence-electron chi connectivity index (χ1n) is 9.03. The van der Waals surface area contributed by atoms with E-state index in [2.05, 4.69) is 43.9 Å². The predicted octanol–water partition coefficient (Wildman–Crippen LogP) is 2.40. The van der Waals surface area contributed by atoms with E-state index in [0.717, 1.165) is 62.7 Å². The average molecular weight is 336 g/mol. The van der Waals surface area contributed by atoms with Gasteiger partial charge in [-0.2, -0.15) is 9.61 Å². The van der Waals surface area contributed by atoms with Crippen LogP contribution in [0, 0.1) is 0 Å². The zero-order valence-corrected chi connectivity index (χ0v) is 14.7. The number of fused-ring (bicyclic) bond motifs is 1. The molecule has 1 saturated heterocycles. The molecule has 0 radical (unpaired) electrons. The van der Waals surface area contributed by atoms with Crippen molar-refractivity contribution >= 4 is 11.5 Å². The van der Waals surface area contributed by atoms with Crippen molar-refractivity contribution in [1.82, 2.24) is 24.5 Å². The highest BCUT2D eigenvalue weighted by Gasteiger charge is 2.18. The third-order valence-electron chi connectivity index (χ3n) is 4.80. The van der Waals surface area contributed by atoms with Crippen LogP contribution < -0.4 is 4.90 Å². The molecule has 1 aliphatic heterocycles. The Kier molecular flexibility index (Phi) is 4.61. The van der Waals surface area contributed by atoms with Crippen LogP contribution in [0.2, 0.25) is 0 Å². The van der Waals surface area contributed by atoms with E-state index >= 15 is 0 Å². The van der Waals surface area contributed by atoms with Crippen LogP contribution in [-0.2, 0) is 13.0 Å². The van der Waals surface area contributed by atoms with Crippen LogP contribution in [0.3, 0.4) is 0 Å². The molecule has 6 heteroatoms. The first-order valence-corrected chi connectivity index (χ1v) is 9.03. The Morgan fingerprint density at radius 1 is 1.08 bits per heavy atom. The molecule has 1 fully saturated rings. The smallest absolute Gasteiger partial charge is 0.157 e. The molecule has 0 spiro atoms. The lowest BCUT2D eigenvalue weighted by atomic mass is 10.2. The Labute approximate surface area is 148 Å². The Hall–Kier alpha value is -2.47. The molecule has 0 saturated carbocycles. The minimum Gasteiger partial charge on any atom is -0.355 e. The predicted molar refractivity (Wildman–Crippen MR) is 98.7 cm³/mol. The van der Waals surface area contributed by atoms with Crippen molar-refractivity contribution in [2.75, 3.05) is 31.1 Å². The van der Waals surface area contributed by atoms with Gasteiger partial charge in [0, 0.05) is 62.9 Å². The monoisotopic (exact) mass is 336 g/mol. The van der Waals surface area contributed by atoms with E-state index in [4.69, 9.17) is 0 Å². The fourth-order valence-electron chi connectivity index (χ4n) is 3.46. The summed E-state index contributed by atoms with van der Waals surface area (Å²) in [6, 6.07) is 8.34. The van der Waals surface area contributed by atoms with Crippen LogP contribution in [-0.4, -0.2) is 50.7 Å². The van der Waals surface area contributed by atoms with E-state index in [9.17, 15) is 0 Å². The second-order valence-corrected chi connectivity index (χ2v) is 6.54. The molecule has 0 amide bonds. The van der Waals surface area contributed by atoms with Crippen LogP contribution in [0.1, 0.15) is 24.6 Å². The number of anilines is 1. The van der Waals surface area contributed by atoms with Crippen molar-refractivity contribution in [2.24, 2.45) is 0 Å². The molecular formula is C19H24N6. The van der Waals surface area contributed by atoms with Gasteiger partial charge in [0.05, 0.1) is 6.20 Å². The molecule has 0 unspecified atom stereocenters. The molecule has 0 bridgehead atoms. The SMILES string of the molecule is CCc1cc(N2CCCN(Cc3cccnc3)CC2)n2nccc2n1. The van der Waals surface area contributed by atoms with Gasteiger partial charge >= 0.3 is 0 Å². The molecule has 0 atom stereocenters. The second kappa shape index (κ2) is 7.19. The van der Waals surface area contributed by atoms with Gasteiger partial charge in [-0.05, 0) is 24.5 Å². The Bertz CT molecular complexity index is 828.